The van der Waals surface area contributed by atoms with Gasteiger partial charge in [-0.05, 0) is 6.26 Å². The number of rotatable bonds is 2. The zero-order valence-electron chi connectivity index (χ0n) is 5.55. The molecule has 0 rings (SSSR count). The first-order valence-corrected chi connectivity index (χ1v) is 3.70. The summed E-state index contributed by atoms with van der Waals surface area (Å²) in [6, 6.07) is -0.609. The third-order valence-electron chi connectivity index (χ3n) is 0.708. The van der Waals surface area contributed by atoms with Gasteiger partial charge in [0.25, 0.3) is 0 Å². The van der Waals surface area contributed by atoms with Crippen LogP contribution >= 0.6 is 11.8 Å². The molecule has 0 aromatic heterocycles. The smallest absolute Gasteiger partial charge is 0.316 e. The summed E-state index contributed by atoms with van der Waals surface area (Å²) < 4.78 is 0. The molecule has 0 bridgehead atoms. The standard InChI is InChI=1S/C6H8N2OS/c1-3-5(10-2)4-8-6(7)9/h1,4H,2H3,(H3,7,8,9)/b5-4+. The summed E-state index contributed by atoms with van der Waals surface area (Å²) in [6.07, 6.45) is 8.25. The zero-order valence-corrected chi connectivity index (χ0v) is 6.37. The van der Waals surface area contributed by atoms with E-state index in [4.69, 9.17) is 12.2 Å². The summed E-state index contributed by atoms with van der Waals surface area (Å²) >= 11 is 1.37. The van der Waals surface area contributed by atoms with Gasteiger partial charge in [-0.2, -0.15) is 0 Å². The van der Waals surface area contributed by atoms with Gasteiger partial charge in [-0.1, -0.05) is 5.92 Å². The Morgan fingerprint density at radius 1 is 1.90 bits per heavy atom. The lowest BCUT2D eigenvalue weighted by atomic mass is 10.6. The normalized spacial score (nSPS) is 10.2. The van der Waals surface area contributed by atoms with Crippen molar-refractivity contribution < 1.29 is 4.79 Å². The van der Waals surface area contributed by atoms with E-state index in [1.54, 1.807) is 0 Å². The van der Waals surface area contributed by atoms with Crippen molar-refractivity contribution in [2.45, 2.75) is 0 Å². The van der Waals surface area contributed by atoms with Gasteiger partial charge in [0.1, 0.15) is 0 Å². The Balaban J connectivity index is 3.90. The number of carbonyl (C=O) groups excluding carboxylic acids is 1. The molecule has 0 aromatic rings. The fraction of sp³-hybridized carbons (Fsp3) is 0.167. The van der Waals surface area contributed by atoms with Gasteiger partial charge in [0, 0.05) is 6.20 Å². The van der Waals surface area contributed by atoms with Gasteiger partial charge in [-0.15, -0.1) is 18.2 Å². The van der Waals surface area contributed by atoms with E-state index >= 15 is 0 Å². The van der Waals surface area contributed by atoms with E-state index in [9.17, 15) is 4.79 Å². The number of hydrogen-bond acceptors (Lipinski definition) is 2. The fourth-order valence-electron chi connectivity index (χ4n) is 0.296. The molecule has 3 N–H and O–H groups in total. The Hall–Kier alpha value is -1.08. The van der Waals surface area contributed by atoms with Crippen LogP contribution in [0.2, 0.25) is 0 Å². The molecule has 54 valence electrons. The monoisotopic (exact) mass is 156 g/mol. The number of allylic oxidation sites excluding steroid dienone is 1. The molecule has 10 heavy (non-hydrogen) atoms. The van der Waals surface area contributed by atoms with Gasteiger partial charge in [-0.3, -0.25) is 0 Å². The highest BCUT2D eigenvalue weighted by Crippen LogP contribution is 2.06. The molecule has 2 amide bonds. The van der Waals surface area contributed by atoms with E-state index in [1.807, 2.05) is 6.26 Å². The molecule has 3 nitrogen and oxygen atoms in total. The lowest BCUT2D eigenvalue weighted by Crippen LogP contribution is -2.24. The third-order valence-corrected chi connectivity index (χ3v) is 1.38. The van der Waals surface area contributed by atoms with E-state index in [0.717, 1.165) is 0 Å². The van der Waals surface area contributed by atoms with E-state index in [-0.39, 0.29) is 0 Å². The fourth-order valence-corrected chi connectivity index (χ4v) is 0.591. The van der Waals surface area contributed by atoms with Gasteiger partial charge in [0.2, 0.25) is 0 Å². The second-order valence-corrected chi connectivity index (χ2v) is 2.21. The topological polar surface area (TPSA) is 55.1 Å². The predicted molar refractivity (Wildman–Crippen MR) is 43.2 cm³/mol. The number of urea groups is 1. The Labute approximate surface area is 64.0 Å². The molecule has 0 radical (unpaired) electrons. The van der Waals surface area contributed by atoms with Gasteiger partial charge >= 0.3 is 6.03 Å². The van der Waals surface area contributed by atoms with Crippen LogP contribution in [0.5, 0.6) is 0 Å². The first kappa shape index (κ1) is 8.92. The Bertz CT molecular complexity index is 192. The minimum atomic E-state index is -0.609. The molecular weight excluding hydrogens is 148 g/mol. The second kappa shape index (κ2) is 4.77. The molecule has 0 atom stereocenters. The molecule has 0 heterocycles. The Kier molecular flexibility index (Phi) is 4.25. The highest BCUT2D eigenvalue weighted by atomic mass is 32.2. The number of nitrogens with one attached hydrogen (secondary N) is 1. The Morgan fingerprint density at radius 3 is 2.80 bits per heavy atom. The summed E-state index contributed by atoms with van der Waals surface area (Å²) in [5, 5.41) is 2.26. The lowest BCUT2D eigenvalue weighted by molar-refractivity contribution is 0.252. The average Bonchev–Trinajstić information content (AvgIpc) is 1.90. The van der Waals surface area contributed by atoms with E-state index in [1.165, 1.54) is 18.0 Å². The third kappa shape index (κ3) is 3.87. The van der Waals surface area contributed by atoms with E-state index in [2.05, 4.69) is 11.2 Å². The molecule has 0 aliphatic heterocycles. The second-order valence-electron chi connectivity index (χ2n) is 1.37. The largest absolute Gasteiger partial charge is 0.351 e. The van der Waals surface area contributed by atoms with Crippen molar-refractivity contribution in [3.8, 4) is 12.3 Å². The summed E-state index contributed by atoms with van der Waals surface area (Å²) in [6.45, 7) is 0. The molecule has 0 aliphatic carbocycles. The number of primary amides is 1. The van der Waals surface area contributed by atoms with Crippen LogP contribution in [0.15, 0.2) is 11.1 Å². The van der Waals surface area contributed by atoms with E-state index in [0.29, 0.717) is 4.91 Å². The number of hydrogen-bond donors (Lipinski definition) is 2. The van der Waals surface area contributed by atoms with Gasteiger partial charge in [0.15, 0.2) is 0 Å². The van der Waals surface area contributed by atoms with Gasteiger partial charge in [0.05, 0.1) is 4.91 Å². The van der Waals surface area contributed by atoms with Crippen LogP contribution < -0.4 is 11.1 Å². The molecule has 0 aromatic carbocycles. The highest BCUT2D eigenvalue weighted by molar-refractivity contribution is 8.02. The maximum atomic E-state index is 10.1. The molecule has 0 unspecified atom stereocenters. The maximum Gasteiger partial charge on any atom is 0.316 e. The summed E-state index contributed by atoms with van der Waals surface area (Å²) in [4.78, 5) is 10.8. The summed E-state index contributed by atoms with van der Waals surface area (Å²) in [7, 11) is 0. The predicted octanol–water partition coefficient (Wildman–Crippen LogP) is 0.492. The van der Waals surface area contributed by atoms with Gasteiger partial charge < -0.3 is 11.1 Å². The zero-order chi connectivity index (χ0) is 7.98. The van der Waals surface area contributed by atoms with Crippen LogP contribution in [0, 0.1) is 12.3 Å². The minimum absolute atomic E-state index is 0.609. The molecular formula is C6H8N2OS. The number of carbonyl (C=O) groups is 1. The van der Waals surface area contributed by atoms with Crippen molar-refractivity contribution >= 4 is 17.8 Å². The first-order valence-electron chi connectivity index (χ1n) is 2.47. The van der Waals surface area contributed by atoms with Crippen molar-refractivity contribution in [3.63, 3.8) is 0 Å². The van der Waals surface area contributed by atoms with Crippen molar-refractivity contribution in [1.82, 2.24) is 5.32 Å². The van der Waals surface area contributed by atoms with Gasteiger partial charge in [-0.25, -0.2) is 4.79 Å². The Morgan fingerprint density at radius 2 is 2.50 bits per heavy atom. The number of terminal acetylenes is 1. The summed E-state index contributed by atoms with van der Waals surface area (Å²) in [5.41, 5.74) is 4.78. The molecule has 4 heteroatoms. The van der Waals surface area contributed by atoms with Crippen LogP contribution in [0.3, 0.4) is 0 Å². The summed E-state index contributed by atoms with van der Waals surface area (Å²) in [5.74, 6) is 2.36. The average molecular weight is 156 g/mol. The molecule has 0 aliphatic rings. The first-order chi connectivity index (χ1) is 4.70. The van der Waals surface area contributed by atoms with Crippen LogP contribution in [0.25, 0.3) is 0 Å². The van der Waals surface area contributed by atoms with Crippen LogP contribution in [-0.4, -0.2) is 12.3 Å². The van der Waals surface area contributed by atoms with E-state index < -0.39 is 6.03 Å². The lowest BCUT2D eigenvalue weighted by Gasteiger charge is -1.93. The molecule has 0 saturated carbocycles. The van der Waals surface area contributed by atoms with Crippen LogP contribution in [0.1, 0.15) is 0 Å². The maximum absolute atomic E-state index is 10.1. The van der Waals surface area contributed by atoms with Crippen molar-refractivity contribution in [1.29, 1.82) is 0 Å². The number of amides is 2. The van der Waals surface area contributed by atoms with Crippen LogP contribution in [-0.2, 0) is 0 Å². The number of nitrogens with two attached hydrogens (primary N) is 1. The van der Waals surface area contributed by atoms with Crippen molar-refractivity contribution in [3.05, 3.63) is 11.1 Å². The quantitative estimate of drug-likeness (QED) is 0.572. The SMILES string of the molecule is C#C/C(=C\NC(N)=O)SC. The minimum Gasteiger partial charge on any atom is -0.351 e. The highest BCUT2D eigenvalue weighted by Gasteiger charge is 1.88. The molecule has 0 fully saturated rings. The molecule has 0 spiro atoms. The van der Waals surface area contributed by atoms with Crippen LogP contribution in [0.4, 0.5) is 4.79 Å². The van der Waals surface area contributed by atoms with Crippen molar-refractivity contribution in [2.75, 3.05) is 6.26 Å². The number of thioether (sulfide) groups is 1. The molecule has 0 saturated heterocycles. The van der Waals surface area contributed by atoms with Crippen molar-refractivity contribution in [2.24, 2.45) is 5.73 Å².